The molecule has 0 heterocycles. The van der Waals surface area contributed by atoms with Gasteiger partial charge in [-0.3, -0.25) is 0 Å². The molecule has 17 heavy (non-hydrogen) atoms. The molecule has 92 valence electrons. The summed E-state index contributed by atoms with van der Waals surface area (Å²) in [5, 5.41) is 10.3. The summed E-state index contributed by atoms with van der Waals surface area (Å²) in [4.78, 5) is 0. The highest BCUT2D eigenvalue weighted by atomic mass is 16.3. The summed E-state index contributed by atoms with van der Waals surface area (Å²) < 4.78 is 0. The SMILES string of the molecule is C/C(=C/C1CCCCC1)[C@H](O)c1ccccc1. The fourth-order valence-corrected chi connectivity index (χ4v) is 2.66. The van der Waals surface area contributed by atoms with Crippen LogP contribution in [0, 0.1) is 5.92 Å². The van der Waals surface area contributed by atoms with Gasteiger partial charge in [-0.25, -0.2) is 0 Å². The van der Waals surface area contributed by atoms with Crippen molar-refractivity contribution in [1.29, 1.82) is 0 Å². The maximum absolute atomic E-state index is 10.3. The van der Waals surface area contributed by atoms with E-state index in [4.69, 9.17) is 0 Å². The van der Waals surface area contributed by atoms with Crippen LogP contribution in [-0.2, 0) is 0 Å². The van der Waals surface area contributed by atoms with Crippen molar-refractivity contribution in [2.45, 2.75) is 45.1 Å². The van der Waals surface area contributed by atoms with Crippen LogP contribution in [0.4, 0.5) is 0 Å². The predicted octanol–water partition coefficient (Wildman–Crippen LogP) is 4.25. The second-order valence-corrected chi connectivity index (χ2v) is 5.12. The van der Waals surface area contributed by atoms with E-state index in [1.807, 2.05) is 37.3 Å². The van der Waals surface area contributed by atoms with E-state index >= 15 is 0 Å². The first-order valence-electron chi connectivity index (χ1n) is 6.68. The third kappa shape index (κ3) is 3.44. The van der Waals surface area contributed by atoms with Gasteiger partial charge in [0, 0.05) is 0 Å². The summed E-state index contributed by atoms with van der Waals surface area (Å²) in [6, 6.07) is 9.92. The number of aliphatic hydroxyl groups excluding tert-OH is 1. The van der Waals surface area contributed by atoms with E-state index in [1.165, 1.54) is 32.1 Å². The van der Waals surface area contributed by atoms with Crippen LogP contribution in [0.3, 0.4) is 0 Å². The number of aliphatic hydroxyl groups is 1. The third-order valence-electron chi connectivity index (χ3n) is 3.70. The lowest BCUT2D eigenvalue weighted by atomic mass is 9.87. The normalized spacial score (nSPS) is 20.2. The van der Waals surface area contributed by atoms with Crippen LogP contribution < -0.4 is 0 Å². The second kappa shape index (κ2) is 6.02. The van der Waals surface area contributed by atoms with Gasteiger partial charge >= 0.3 is 0 Å². The Hall–Kier alpha value is -1.08. The van der Waals surface area contributed by atoms with Crippen LogP contribution in [0.25, 0.3) is 0 Å². The Bertz CT molecular complexity index is 360. The first kappa shape index (κ1) is 12.4. The molecule has 0 unspecified atom stereocenters. The Balaban J connectivity index is 2.03. The van der Waals surface area contributed by atoms with Crippen molar-refractivity contribution in [3.63, 3.8) is 0 Å². The van der Waals surface area contributed by atoms with Crippen LogP contribution in [0.2, 0.25) is 0 Å². The van der Waals surface area contributed by atoms with E-state index in [9.17, 15) is 5.11 Å². The van der Waals surface area contributed by atoms with Crippen LogP contribution in [0.1, 0.15) is 50.7 Å². The van der Waals surface area contributed by atoms with Gasteiger partial charge in [-0.05, 0) is 36.8 Å². The average Bonchev–Trinajstić information content (AvgIpc) is 2.40. The molecule has 0 spiro atoms. The molecule has 1 aliphatic rings. The van der Waals surface area contributed by atoms with Crippen molar-refractivity contribution in [2.24, 2.45) is 5.92 Å². The maximum atomic E-state index is 10.3. The topological polar surface area (TPSA) is 20.2 Å². The Morgan fingerprint density at radius 3 is 2.47 bits per heavy atom. The van der Waals surface area contributed by atoms with E-state index in [-0.39, 0.29) is 0 Å². The van der Waals surface area contributed by atoms with Crippen molar-refractivity contribution in [3.8, 4) is 0 Å². The fraction of sp³-hybridized carbons (Fsp3) is 0.500. The third-order valence-corrected chi connectivity index (χ3v) is 3.70. The minimum Gasteiger partial charge on any atom is -0.384 e. The molecule has 1 aromatic rings. The van der Waals surface area contributed by atoms with Gasteiger partial charge < -0.3 is 5.11 Å². The summed E-state index contributed by atoms with van der Waals surface area (Å²) in [5.74, 6) is 0.683. The Morgan fingerprint density at radius 2 is 1.82 bits per heavy atom. The first-order valence-corrected chi connectivity index (χ1v) is 6.68. The molecule has 1 aliphatic carbocycles. The van der Waals surface area contributed by atoms with Gasteiger partial charge in [0.2, 0.25) is 0 Å². The number of hydrogen-bond acceptors (Lipinski definition) is 1. The van der Waals surface area contributed by atoms with Gasteiger partial charge in [-0.2, -0.15) is 0 Å². The molecular formula is C16H22O. The maximum Gasteiger partial charge on any atom is 0.0998 e. The van der Waals surface area contributed by atoms with Crippen molar-refractivity contribution in [1.82, 2.24) is 0 Å². The Morgan fingerprint density at radius 1 is 1.18 bits per heavy atom. The molecule has 0 bridgehead atoms. The zero-order valence-corrected chi connectivity index (χ0v) is 10.6. The van der Waals surface area contributed by atoms with Crippen LogP contribution in [0.15, 0.2) is 42.0 Å². The number of hydrogen-bond donors (Lipinski definition) is 1. The zero-order valence-electron chi connectivity index (χ0n) is 10.6. The van der Waals surface area contributed by atoms with Crippen LogP contribution in [-0.4, -0.2) is 5.11 Å². The molecule has 1 aromatic carbocycles. The molecule has 1 atom stereocenters. The van der Waals surface area contributed by atoms with E-state index in [1.54, 1.807) is 0 Å². The van der Waals surface area contributed by atoms with Gasteiger partial charge in [0.1, 0.15) is 0 Å². The molecular weight excluding hydrogens is 208 g/mol. The summed E-state index contributed by atoms with van der Waals surface area (Å²) in [7, 11) is 0. The lowest BCUT2D eigenvalue weighted by molar-refractivity contribution is 0.214. The van der Waals surface area contributed by atoms with Crippen LogP contribution in [0.5, 0.6) is 0 Å². The van der Waals surface area contributed by atoms with Gasteiger partial charge in [0.15, 0.2) is 0 Å². The number of rotatable bonds is 3. The molecule has 0 radical (unpaired) electrons. The highest BCUT2D eigenvalue weighted by molar-refractivity contribution is 5.25. The lowest BCUT2D eigenvalue weighted by Crippen LogP contribution is -2.06. The standard InChI is InChI=1S/C16H22O/c1-13(12-14-8-4-2-5-9-14)16(17)15-10-6-3-7-11-15/h3,6-7,10-12,14,16-17H,2,4-5,8-9H2,1H3/b13-12-/t16-/m0/s1. The van der Waals surface area contributed by atoms with E-state index < -0.39 is 6.10 Å². The van der Waals surface area contributed by atoms with Gasteiger partial charge in [-0.15, -0.1) is 0 Å². The minimum absolute atomic E-state index is 0.432. The lowest BCUT2D eigenvalue weighted by Gasteiger charge is -2.20. The molecule has 1 fully saturated rings. The molecule has 1 heteroatoms. The quantitative estimate of drug-likeness (QED) is 0.770. The molecule has 2 rings (SSSR count). The summed E-state index contributed by atoms with van der Waals surface area (Å²) in [6.07, 6.45) is 8.50. The summed E-state index contributed by atoms with van der Waals surface area (Å²) in [5.41, 5.74) is 2.10. The predicted molar refractivity (Wildman–Crippen MR) is 71.7 cm³/mol. The molecule has 0 amide bonds. The molecule has 1 saturated carbocycles. The zero-order chi connectivity index (χ0) is 12.1. The fourth-order valence-electron chi connectivity index (χ4n) is 2.66. The number of allylic oxidation sites excluding steroid dienone is 1. The van der Waals surface area contributed by atoms with Gasteiger partial charge in [-0.1, -0.05) is 55.7 Å². The van der Waals surface area contributed by atoms with Crippen LogP contribution >= 0.6 is 0 Å². The second-order valence-electron chi connectivity index (χ2n) is 5.12. The molecule has 0 saturated heterocycles. The minimum atomic E-state index is -0.432. The first-order chi connectivity index (χ1) is 8.27. The highest BCUT2D eigenvalue weighted by Gasteiger charge is 2.14. The summed E-state index contributed by atoms with van der Waals surface area (Å²) in [6.45, 7) is 2.05. The average molecular weight is 230 g/mol. The van der Waals surface area contributed by atoms with Crippen molar-refractivity contribution in [3.05, 3.63) is 47.5 Å². The van der Waals surface area contributed by atoms with Gasteiger partial charge in [0.25, 0.3) is 0 Å². The molecule has 0 aromatic heterocycles. The molecule has 1 nitrogen and oxygen atoms in total. The molecule has 1 N–H and O–H groups in total. The van der Waals surface area contributed by atoms with E-state index in [0.717, 1.165) is 11.1 Å². The summed E-state index contributed by atoms with van der Waals surface area (Å²) >= 11 is 0. The monoisotopic (exact) mass is 230 g/mol. The molecule has 0 aliphatic heterocycles. The smallest absolute Gasteiger partial charge is 0.0998 e. The number of benzene rings is 1. The largest absolute Gasteiger partial charge is 0.384 e. The Labute approximate surface area is 104 Å². The van der Waals surface area contributed by atoms with Crippen molar-refractivity contribution >= 4 is 0 Å². The van der Waals surface area contributed by atoms with Crippen molar-refractivity contribution in [2.75, 3.05) is 0 Å². The Kier molecular flexibility index (Phi) is 4.38. The van der Waals surface area contributed by atoms with E-state index in [2.05, 4.69) is 6.08 Å². The van der Waals surface area contributed by atoms with E-state index in [0.29, 0.717) is 5.92 Å². The highest BCUT2D eigenvalue weighted by Crippen LogP contribution is 2.29. The van der Waals surface area contributed by atoms with Gasteiger partial charge in [0.05, 0.1) is 6.10 Å². The van der Waals surface area contributed by atoms with Crippen molar-refractivity contribution < 1.29 is 5.11 Å².